The summed E-state index contributed by atoms with van der Waals surface area (Å²) in [5.74, 6) is -1.18. The summed E-state index contributed by atoms with van der Waals surface area (Å²) >= 11 is 0. The molecule has 2 aromatic carbocycles. The number of para-hydroxylation sites is 1. The maximum atomic E-state index is 14.2. The molecule has 3 aromatic rings. The molecule has 1 N–H and O–H groups in total. The summed E-state index contributed by atoms with van der Waals surface area (Å²) in [6.45, 7) is 8.05. The fraction of sp³-hybridized carbons (Fsp3) is 0.462. The van der Waals surface area contributed by atoms with E-state index in [9.17, 15) is 13.6 Å². The smallest absolute Gasteiger partial charge is 0.306 e. The average molecular weight is 534 g/mol. The van der Waals surface area contributed by atoms with Crippen LogP contribution in [0.4, 0.5) is 0 Å². The van der Waals surface area contributed by atoms with Crippen LogP contribution in [0.3, 0.4) is 0 Å². The van der Waals surface area contributed by atoms with Gasteiger partial charge in [-0.05, 0) is 45.7 Å². The van der Waals surface area contributed by atoms with Crippen LogP contribution < -0.4 is 4.72 Å². The maximum absolute atomic E-state index is 14.2. The first-order chi connectivity index (χ1) is 17.1. The molecule has 1 aromatic heterocycles. The summed E-state index contributed by atoms with van der Waals surface area (Å²) in [5, 5.41) is 5.42. The maximum Gasteiger partial charge on any atom is 0.306 e. The van der Waals surface area contributed by atoms with E-state index in [-0.39, 0.29) is 32.2 Å². The lowest BCUT2D eigenvalue weighted by Crippen LogP contribution is -2.41. The van der Waals surface area contributed by atoms with Crippen LogP contribution in [0.15, 0.2) is 60.8 Å². The predicted molar refractivity (Wildman–Crippen MR) is 144 cm³/mol. The molecule has 0 spiro atoms. The monoisotopic (exact) mass is 533 g/mol. The van der Waals surface area contributed by atoms with Gasteiger partial charge in [0.2, 0.25) is 7.37 Å². The van der Waals surface area contributed by atoms with Gasteiger partial charge < -0.3 is 9.26 Å². The van der Waals surface area contributed by atoms with Crippen LogP contribution in [0.25, 0.3) is 10.9 Å². The third kappa shape index (κ3) is 7.84. The highest BCUT2D eigenvalue weighted by molar-refractivity contribution is 7.84. The van der Waals surface area contributed by atoms with E-state index < -0.39 is 34.9 Å². The van der Waals surface area contributed by atoms with Gasteiger partial charge in [0, 0.05) is 18.0 Å². The minimum atomic E-state index is -3.38. The molecule has 3 atom stereocenters. The summed E-state index contributed by atoms with van der Waals surface area (Å²) < 4.78 is 42.7. The summed E-state index contributed by atoms with van der Waals surface area (Å²) in [6.07, 6.45) is 2.15. The van der Waals surface area contributed by atoms with Crippen molar-refractivity contribution in [2.75, 3.05) is 12.8 Å². The number of benzene rings is 2. The van der Waals surface area contributed by atoms with Crippen LogP contribution >= 0.6 is 7.37 Å². The van der Waals surface area contributed by atoms with Crippen molar-refractivity contribution in [2.45, 2.75) is 64.2 Å². The van der Waals surface area contributed by atoms with E-state index >= 15 is 0 Å². The highest BCUT2D eigenvalue weighted by atomic mass is 32.2. The minimum absolute atomic E-state index is 0.0214. The van der Waals surface area contributed by atoms with Gasteiger partial charge in [0.1, 0.15) is 6.61 Å². The molecule has 1 heterocycles. The van der Waals surface area contributed by atoms with Crippen LogP contribution in [-0.2, 0) is 42.8 Å². The number of carbonyl (C=O) groups is 1. The zero-order chi connectivity index (χ0) is 26.2. The number of hydrogen-bond donors (Lipinski definition) is 1. The van der Waals surface area contributed by atoms with Gasteiger partial charge in [0.15, 0.2) is 0 Å². The van der Waals surface area contributed by atoms with Crippen LogP contribution in [0, 0.1) is 0 Å². The molecule has 0 saturated carbocycles. The van der Waals surface area contributed by atoms with Crippen molar-refractivity contribution in [3.8, 4) is 0 Å². The summed E-state index contributed by atoms with van der Waals surface area (Å²) in [6, 6.07) is 17.2. The Hall–Kier alpha value is -2.32. The van der Waals surface area contributed by atoms with E-state index in [4.69, 9.17) is 9.26 Å². The van der Waals surface area contributed by atoms with E-state index in [1.807, 2.05) is 75.4 Å². The lowest BCUT2D eigenvalue weighted by molar-refractivity contribution is -0.145. The number of esters is 1. The number of hydrogen-bond acceptors (Lipinski definition) is 6. The molecule has 3 rings (SSSR count). The minimum Gasteiger partial charge on any atom is -0.461 e. The van der Waals surface area contributed by atoms with Crippen molar-refractivity contribution in [3.05, 3.63) is 66.4 Å². The third-order valence-corrected chi connectivity index (χ3v) is 10.3. The number of nitrogens with one attached hydrogen (secondary N) is 1. The highest BCUT2D eigenvalue weighted by Gasteiger charge is 2.37. The second-order valence-corrected chi connectivity index (χ2v) is 14.3. The van der Waals surface area contributed by atoms with E-state index in [1.54, 1.807) is 17.8 Å². The van der Waals surface area contributed by atoms with Gasteiger partial charge in [0.05, 0.1) is 46.4 Å². The Bertz CT molecular complexity index is 1210. The van der Waals surface area contributed by atoms with Crippen molar-refractivity contribution < 1.29 is 22.8 Å². The first-order valence-electron chi connectivity index (χ1n) is 12.1. The topological polar surface area (TPSA) is 99.5 Å². The molecule has 0 aliphatic rings. The third-order valence-electron chi connectivity index (χ3n) is 5.66. The van der Waals surface area contributed by atoms with E-state index in [2.05, 4.69) is 9.82 Å². The molecule has 0 radical (unpaired) electrons. The first kappa shape index (κ1) is 28.3. The molecule has 3 unspecified atom stereocenters. The lowest BCUT2D eigenvalue weighted by atomic mass is 10.2. The Labute approximate surface area is 215 Å². The molecule has 0 aliphatic heterocycles. The average Bonchev–Trinajstić information content (AvgIpc) is 3.27. The Morgan fingerprint density at radius 2 is 1.83 bits per heavy atom. The molecule has 0 bridgehead atoms. The van der Waals surface area contributed by atoms with Gasteiger partial charge in [-0.25, -0.2) is 8.93 Å². The molecule has 196 valence electrons. The molecule has 8 nitrogen and oxygen atoms in total. The van der Waals surface area contributed by atoms with Crippen molar-refractivity contribution in [2.24, 2.45) is 0 Å². The second kappa shape index (κ2) is 12.8. The molecule has 36 heavy (non-hydrogen) atoms. The first-order valence-corrected chi connectivity index (χ1v) is 15.2. The fourth-order valence-electron chi connectivity index (χ4n) is 3.67. The van der Waals surface area contributed by atoms with Gasteiger partial charge in [-0.3, -0.25) is 14.0 Å². The van der Waals surface area contributed by atoms with Gasteiger partial charge in [-0.1, -0.05) is 48.5 Å². The van der Waals surface area contributed by atoms with Gasteiger partial charge in [-0.15, -0.1) is 0 Å². The number of nitrogens with zero attached hydrogens (tertiary/aromatic N) is 2. The lowest BCUT2D eigenvalue weighted by Gasteiger charge is -2.30. The number of aryl methyl sites for hydroxylation is 1. The molecule has 0 fully saturated rings. The standard InChI is InChI=1S/C26H36N3O5PS/c1-5-34-35(31,18-17-29-23-14-10-9-13-22(23)19-27-29)24(28-36(32)26(2,3)4)15-16-25(30)33-20-21-11-7-6-8-12-21/h6-14,19,24,28H,5,15-18,20H2,1-4H3. The Morgan fingerprint density at radius 3 is 2.53 bits per heavy atom. The molecular formula is C26H36N3O5PS. The van der Waals surface area contributed by atoms with Gasteiger partial charge >= 0.3 is 5.97 Å². The predicted octanol–water partition coefficient (Wildman–Crippen LogP) is 5.25. The summed E-state index contributed by atoms with van der Waals surface area (Å²) in [7, 11) is -4.88. The van der Waals surface area contributed by atoms with Crippen LogP contribution in [0.2, 0.25) is 0 Å². The van der Waals surface area contributed by atoms with Crippen molar-refractivity contribution in [1.82, 2.24) is 14.5 Å². The molecule has 0 aliphatic carbocycles. The van der Waals surface area contributed by atoms with Crippen LogP contribution in [-0.4, -0.2) is 43.3 Å². The molecule has 10 heteroatoms. The number of fused-ring (bicyclic) bond motifs is 1. The van der Waals surface area contributed by atoms with Crippen molar-refractivity contribution in [1.29, 1.82) is 0 Å². The van der Waals surface area contributed by atoms with Crippen molar-refractivity contribution in [3.63, 3.8) is 0 Å². The summed E-state index contributed by atoms with van der Waals surface area (Å²) in [5.41, 5.74) is 1.83. The van der Waals surface area contributed by atoms with Crippen LogP contribution in [0.5, 0.6) is 0 Å². The van der Waals surface area contributed by atoms with Gasteiger partial charge in [0.25, 0.3) is 0 Å². The number of rotatable bonds is 13. The fourth-order valence-corrected chi connectivity index (χ4v) is 7.36. The molecule has 0 saturated heterocycles. The normalized spacial score (nSPS) is 15.3. The SMILES string of the molecule is CCOP(=O)(CCn1ncc2ccccc21)C(CCC(=O)OCc1ccccc1)NS(=O)C(C)(C)C. The Kier molecular flexibility index (Phi) is 10.0. The van der Waals surface area contributed by atoms with E-state index in [0.717, 1.165) is 16.5 Å². The van der Waals surface area contributed by atoms with E-state index in [1.165, 1.54) is 0 Å². The summed E-state index contributed by atoms with van der Waals surface area (Å²) in [4.78, 5) is 12.5. The molecular weight excluding hydrogens is 497 g/mol. The number of ether oxygens (including phenoxy) is 1. The van der Waals surface area contributed by atoms with Crippen LogP contribution in [0.1, 0.15) is 46.1 Å². The Balaban J connectivity index is 1.74. The zero-order valence-corrected chi connectivity index (χ0v) is 23.1. The number of carbonyl (C=O) groups excluding carboxylic acids is 1. The van der Waals surface area contributed by atoms with E-state index in [0.29, 0.717) is 6.54 Å². The largest absolute Gasteiger partial charge is 0.461 e. The second-order valence-electron chi connectivity index (χ2n) is 9.49. The van der Waals surface area contributed by atoms with Gasteiger partial charge in [-0.2, -0.15) is 5.10 Å². The molecule has 0 amide bonds. The zero-order valence-electron chi connectivity index (χ0n) is 21.4. The quantitative estimate of drug-likeness (QED) is 0.238. The van der Waals surface area contributed by atoms with Crippen molar-refractivity contribution >= 4 is 35.2 Å². The number of aromatic nitrogens is 2. The highest BCUT2D eigenvalue weighted by Crippen LogP contribution is 2.53. The Morgan fingerprint density at radius 1 is 1.14 bits per heavy atom.